The molecule has 2 unspecified atom stereocenters. The zero-order valence-electron chi connectivity index (χ0n) is 7.95. The van der Waals surface area contributed by atoms with Gasteiger partial charge in [-0.3, -0.25) is 4.84 Å². The molecular formula is C9H16N2O2. The minimum Gasteiger partial charge on any atom is -0.333 e. The number of nitrogens with zero attached hydrogens (tertiary/aromatic N) is 1. The van der Waals surface area contributed by atoms with Crippen LogP contribution in [0.5, 0.6) is 0 Å². The van der Waals surface area contributed by atoms with Gasteiger partial charge >= 0.3 is 6.03 Å². The van der Waals surface area contributed by atoms with Gasteiger partial charge in [-0.15, -0.1) is 0 Å². The van der Waals surface area contributed by atoms with Crippen LogP contribution in [-0.4, -0.2) is 30.3 Å². The molecule has 0 aromatic heterocycles. The quantitative estimate of drug-likeness (QED) is 0.663. The second kappa shape index (κ2) is 3.54. The molecule has 13 heavy (non-hydrogen) atoms. The fourth-order valence-corrected chi connectivity index (χ4v) is 1.72. The molecular weight excluding hydrogens is 168 g/mol. The summed E-state index contributed by atoms with van der Waals surface area (Å²) in [6, 6.07) is 0.311. The summed E-state index contributed by atoms with van der Waals surface area (Å²) in [7, 11) is 0. The van der Waals surface area contributed by atoms with Gasteiger partial charge in [0.1, 0.15) is 0 Å². The van der Waals surface area contributed by atoms with E-state index in [2.05, 4.69) is 12.2 Å². The van der Waals surface area contributed by atoms with Gasteiger partial charge in [-0.2, -0.15) is 0 Å². The van der Waals surface area contributed by atoms with Crippen LogP contribution in [0.1, 0.15) is 26.2 Å². The summed E-state index contributed by atoms with van der Waals surface area (Å²) in [4.78, 5) is 16.6. The third-order valence-corrected chi connectivity index (χ3v) is 2.91. The number of carbonyl (C=O) groups excluding carboxylic acids is 1. The summed E-state index contributed by atoms with van der Waals surface area (Å²) in [6.45, 7) is 3.57. The van der Waals surface area contributed by atoms with Crippen LogP contribution < -0.4 is 5.32 Å². The summed E-state index contributed by atoms with van der Waals surface area (Å²) < 4.78 is 0. The van der Waals surface area contributed by atoms with Crippen LogP contribution in [0.25, 0.3) is 0 Å². The van der Waals surface area contributed by atoms with Crippen molar-refractivity contribution in [2.75, 3.05) is 13.2 Å². The van der Waals surface area contributed by atoms with E-state index in [1.165, 1.54) is 11.5 Å². The van der Waals surface area contributed by atoms with E-state index in [0.717, 1.165) is 19.4 Å². The lowest BCUT2D eigenvalue weighted by molar-refractivity contribution is -0.0683. The van der Waals surface area contributed by atoms with Gasteiger partial charge in [0.2, 0.25) is 0 Å². The van der Waals surface area contributed by atoms with Crippen LogP contribution in [0, 0.1) is 5.92 Å². The molecule has 1 aliphatic heterocycles. The number of carbonyl (C=O) groups is 1. The highest BCUT2D eigenvalue weighted by Crippen LogP contribution is 2.26. The van der Waals surface area contributed by atoms with E-state index >= 15 is 0 Å². The summed E-state index contributed by atoms with van der Waals surface area (Å²) in [5, 5.41) is 4.41. The normalized spacial score (nSPS) is 32.8. The predicted molar refractivity (Wildman–Crippen MR) is 48.0 cm³/mol. The Bertz CT molecular complexity index is 202. The second-order valence-electron chi connectivity index (χ2n) is 3.90. The zero-order chi connectivity index (χ0) is 9.26. The SMILES string of the molecule is CC1CCC1NC(=O)N1CCCO1. The van der Waals surface area contributed by atoms with E-state index in [1.54, 1.807) is 0 Å². The largest absolute Gasteiger partial charge is 0.341 e. The third kappa shape index (κ3) is 1.77. The standard InChI is InChI=1S/C9H16N2O2/c1-7-3-4-8(7)10-9(12)11-5-2-6-13-11/h7-8H,2-6H2,1H3,(H,10,12). The summed E-state index contributed by atoms with van der Waals surface area (Å²) in [6.07, 6.45) is 3.29. The number of nitrogens with one attached hydrogen (secondary N) is 1. The molecule has 1 aliphatic carbocycles. The molecule has 2 atom stereocenters. The summed E-state index contributed by atoms with van der Waals surface area (Å²) in [5.74, 6) is 0.631. The van der Waals surface area contributed by atoms with Crippen molar-refractivity contribution in [2.24, 2.45) is 5.92 Å². The Morgan fingerprint density at radius 2 is 2.38 bits per heavy atom. The summed E-state index contributed by atoms with van der Waals surface area (Å²) >= 11 is 0. The van der Waals surface area contributed by atoms with E-state index in [-0.39, 0.29) is 6.03 Å². The zero-order valence-corrected chi connectivity index (χ0v) is 7.95. The highest BCUT2D eigenvalue weighted by Gasteiger charge is 2.30. The summed E-state index contributed by atoms with van der Waals surface area (Å²) in [5.41, 5.74) is 0. The fraction of sp³-hybridized carbons (Fsp3) is 0.889. The number of hydrogen-bond donors (Lipinski definition) is 1. The van der Waals surface area contributed by atoms with Gasteiger partial charge in [-0.25, -0.2) is 9.86 Å². The van der Waals surface area contributed by atoms with E-state index in [4.69, 9.17) is 4.84 Å². The van der Waals surface area contributed by atoms with Gasteiger partial charge in [0.15, 0.2) is 0 Å². The first-order valence-corrected chi connectivity index (χ1v) is 4.98. The maximum atomic E-state index is 11.5. The van der Waals surface area contributed by atoms with Gasteiger partial charge in [0, 0.05) is 6.04 Å². The van der Waals surface area contributed by atoms with Gasteiger partial charge in [-0.05, 0) is 25.2 Å². The lowest BCUT2D eigenvalue weighted by atomic mass is 9.81. The van der Waals surface area contributed by atoms with Crippen molar-refractivity contribution in [3.63, 3.8) is 0 Å². The van der Waals surface area contributed by atoms with E-state index in [1.807, 2.05) is 0 Å². The molecule has 4 nitrogen and oxygen atoms in total. The highest BCUT2D eigenvalue weighted by atomic mass is 16.7. The molecule has 2 rings (SSSR count). The first-order valence-electron chi connectivity index (χ1n) is 4.98. The van der Waals surface area contributed by atoms with Crippen molar-refractivity contribution >= 4 is 6.03 Å². The molecule has 2 amide bonds. The first kappa shape index (κ1) is 8.81. The molecule has 2 aliphatic rings. The Morgan fingerprint density at radius 3 is 2.85 bits per heavy atom. The molecule has 2 fully saturated rings. The van der Waals surface area contributed by atoms with Crippen molar-refractivity contribution in [1.82, 2.24) is 10.4 Å². The van der Waals surface area contributed by atoms with Gasteiger partial charge in [-0.1, -0.05) is 6.92 Å². The van der Waals surface area contributed by atoms with Gasteiger partial charge in [0.25, 0.3) is 0 Å². The van der Waals surface area contributed by atoms with Crippen LogP contribution in [-0.2, 0) is 4.84 Å². The minimum absolute atomic E-state index is 0.0611. The lowest BCUT2D eigenvalue weighted by Gasteiger charge is -2.35. The van der Waals surface area contributed by atoms with E-state index < -0.39 is 0 Å². The Labute approximate surface area is 78.2 Å². The number of amides is 2. The molecule has 1 saturated carbocycles. The fourth-order valence-electron chi connectivity index (χ4n) is 1.72. The monoisotopic (exact) mass is 184 g/mol. The van der Waals surface area contributed by atoms with Crippen molar-refractivity contribution in [3.05, 3.63) is 0 Å². The smallest absolute Gasteiger partial charge is 0.333 e. The van der Waals surface area contributed by atoms with Crippen LogP contribution in [0.2, 0.25) is 0 Å². The van der Waals surface area contributed by atoms with Crippen molar-refractivity contribution in [2.45, 2.75) is 32.2 Å². The van der Waals surface area contributed by atoms with Crippen LogP contribution >= 0.6 is 0 Å². The Kier molecular flexibility index (Phi) is 2.40. The molecule has 0 aromatic rings. The maximum Gasteiger partial charge on any atom is 0.341 e. The van der Waals surface area contributed by atoms with Crippen LogP contribution in [0.4, 0.5) is 4.79 Å². The second-order valence-corrected chi connectivity index (χ2v) is 3.90. The van der Waals surface area contributed by atoms with Crippen molar-refractivity contribution < 1.29 is 9.63 Å². The third-order valence-electron chi connectivity index (χ3n) is 2.91. The maximum absolute atomic E-state index is 11.5. The highest BCUT2D eigenvalue weighted by molar-refractivity contribution is 5.73. The van der Waals surface area contributed by atoms with Crippen molar-refractivity contribution in [3.8, 4) is 0 Å². The number of hydrogen-bond acceptors (Lipinski definition) is 2. The Balaban J connectivity index is 1.77. The predicted octanol–water partition coefficient (Wildman–Crippen LogP) is 1.13. The van der Waals surface area contributed by atoms with Crippen LogP contribution in [0.3, 0.4) is 0 Å². The average Bonchev–Trinajstić information content (AvgIpc) is 2.64. The molecule has 1 saturated heterocycles. The van der Waals surface area contributed by atoms with E-state index in [9.17, 15) is 4.79 Å². The molecule has 0 spiro atoms. The van der Waals surface area contributed by atoms with Gasteiger partial charge < -0.3 is 5.32 Å². The molecule has 4 heteroatoms. The number of urea groups is 1. The Morgan fingerprint density at radius 1 is 1.54 bits per heavy atom. The average molecular weight is 184 g/mol. The van der Waals surface area contributed by atoms with Gasteiger partial charge in [0.05, 0.1) is 13.2 Å². The lowest BCUT2D eigenvalue weighted by Crippen LogP contribution is -2.49. The van der Waals surface area contributed by atoms with Crippen LogP contribution in [0.15, 0.2) is 0 Å². The van der Waals surface area contributed by atoms with Crippen molar-refractivity contribution in [1.29, 1.82) is 0 Å². The topological polar surface area (TPSA) is 41.6 Å². The minimum atomic E-state index is -0.0611. The molecule has 0 radical (unpaired) electrons. The molecule has 1 heterocycles. The first-order chi connectivity index (χ1) is 6.27. The molecule has 1 N–H and O–H groups in total. The number of hydroxylamine groups is 2. The molecule has 0 aromatic carbocycles. The molecule has 0 bridgehead atoms. The Hall–Kier alpha value is -0.770. The van der Waals surface area contributed by atoms with E-state index in [0.29, 0.717) is 18.6 Å². The number of rotatable bonds is 1. The molecule has 74 valence electrons.